The fraction of sp³-hybridized carbons (Fsp3) is 0.222. The minimum Gasteiger partial charge on any atom is -0.483 e. The summed E-state index contributed by atoms with van der Waals surface area (Å²) >= 11 is 0. The molecule has 4 nitrogen and oxygen atoms in total. The zero-order valence-corrected chi connectivity index (χ0v) is 13.7. The molecule has 0 atom stereocenters. The number of para-hydroxylation sites is 1. The topological polar surface area (TPSA) is 50.7 Å². The molecule has 0 aliphatic rings. The van der Waals surface area contributed by atoms with Crippen molar-refractivity contribution in [2.75, 3.05) is 6.61 Å². The van der Waals surface area contributed by atoms with Gasteiger partial charge in [-0.3, -0.25) is 4.79 Å². The molecule has 7 heteroatoms. The maximum atomic E-state index is 12.8. The van der Waals surface area contributed by atoms with E-state index >= 15 is 0 Å². The Morgan fingerprint density at radius 3 is 2.40 bits per heavy atom. The SMILES string of the molecule is Cc1cccc(C)c1OCC(=O)N/N=C/c1ccccc1C(F)(F)F. The van der Waals surface area contributed by atoms with Crippen molar-refractivity contribution in [1.82, 2.24) is 5.43 Å². The highest BCUT2D eigenvalue weighted by atomic mass is 19.4. The first-order chi connectivity index (χ1) is 11.8. The van der Waals surface area contributed by atoms with Crippen molar-refractivity contribution < 1.29 is 22.7 Å². The van der Waals surface area contributed by atoms with Gasteiger partial charge in [0.05, 0.1) is 11.8 Å². The molecule has 1 amide bonds. The van der Waals surface area contributed by atoms with Crippen molar-refractivity contribution in [2.45, 2.75) is 20.0 Å². The molecule has 0 heterocycles. The van der Waals surface area contributed by atoms with E-state index < -0.39 is 17.6 Å². The van der Waals surface area contributed by atoms with Crippen LogP contribution in [0.3, 0.4) is 0 Å². The Morgan fingerprint density at radius 1 is 1.12 bits per heavy atom. The number of hydrazone groups is 1. The Balaban J connectivity index is 1.96. The van der Waals surface area contributed by atoms with Gasteiger partial charge >= 0.3 is 6.18 Å². The molecule has 0 aliphatic heterocycles. The zero-order chi connectivity index (χ0) is 18.4. The van der Waals surface area contributed by atoms with Gasteiger partial charge in [0.2, 0.25) is 0 Å². The summed E-state index contributed by atoms with van der Waals surface area (Å²) in [5.74, 6) is 0.0347. The molecule has 0 fully saturated rings. The second kappa shape index (κ2) is 7.83. The Hall–Kier alpha value is -2.83. The first kappa shape index (κ1) is 18.5. The van der Waals surface area contributed by atoms with E-state index in [9.17, 15) is 18.0 Å². The van der Waals surface area contributed by atoms with Gasteiger partial charge in [-0.1, -0.05) is 36.4 Å². The number of carbonyl (C=O) groups excluding carboxylic acids is 1. The summed E-state index contributed by atoms with van der Waals surface area (Å²) in [5, 5.41) is 3.57. The first-order valence-electron chi connectivity index (χ1n) is 7.46. The van der Waals surface area contributed by atoms with E-state index in [1.54, 1.807) is 0 Å². The van der Waals surface area contributed by atoms with Crippen LogP contribution < -0.4 is 10.2 Å². The van der Waals surface area contributed by atoms with Gasteiger partial charge in [0.15, 0.2) is 6.61 Å². The fourth-order valence-electron chi connectivity index (χ4n) is 2.24. The largest absolute Gasteiger partial charge is 0.483 e. The summed E-state index contributed by atoms with van der Waals surface area (Å²) in [6.45, 7) is 3.42. The molecular weight excluding hydrogens is 333 g/mol. The van der Waals surface area contributed by atoms with Crippen molar-refractivity contribution in [3.8, 4) is 5.75 Å². The summed E-state index contributed by atoms with van der Waals surface area (Å²) in [4.78, 5) is 11.7. The molecule has 2 aromatic carbocycles. The fourth-order valence-corrected chi connectivity index (χ4v) is 2.24. The van der Waals surface area contributed by atoms with Gasteiger partial charge in [-0.25, -0.2) is 5.43 Å². The number of nitrogens with one attached hydrogen (secondary N) is 1. The highest BCUT2D eigenvalue weighted by molar-refractivity contribution is 5.84. The first-order valence-corrected chi connectivity index (χ1v) is 7.46. The summed E-state index contributed by atoms with van der Waals surface area (Å²) < 4.78 is 44.0. The minimum absolute atomic E-state index is 0.133. The monoisotopic (exact) mass is 350 g/mol. The third-order valence-corrected chi connectivity index (χ3v) is 3.42. The van der Waals surface area contributed by atoms with Crippen LogP contribution in [-0.2, 0) is 11.0 Å². The normalized spacial score (nSPS) is 11.6. The molecule has 132 valence electrons. The predicted molar refractivity (Wildman–Crippen MR) is 88.6 cm³/mol. The van der Waals surface area contributed by atoms with Gasteiger partial charge in [-0.15, -0.1) is 0 Å². The van der Waals surface area contributed by atoms with Crippen molar-refractivity contribution in [3.63, 3.8) is 0 Å². The second-order valence-corrected chi connectivity index (χ2v) is 5.39. The molecule has 0 unspecified atom stereocenters. The Morgan fingerprint density at radius 2 is 1.76 bits per heavy atom. The summed E-state index contributed by atoms with van der Waals surface area (Å²) in [6.07, 6.45) is -3.53. The van der Waals surface area contributed by atoms with Crippen molar-refractivity contribution in [3.05, 3.63) is 64.7 Å². The van der Waals surface area contributed by atoms with Crippen LogP contribution in [0.2, 0.25) is 0 Å². The summed E-state index contributed by atoms with van der Waals surface area (Å²) in [7, 11) is 0. The maximum absolute atomic E-state index is 12.8. The number of benzene rings is 2. The Kier molecular flexibility index (Phi) is 5.80. The van der Waals surface area contributed by atoms with Crippen LogP contribution in [0.4, 0.5) is 13.2 Å². The number of alkyl halides is 3. The van der Waals surface area contributed by atoms with Crippen LogP contribution in [-0.4, -0.2) is 18.7 Å². The molecule has 25 heavy (non-hydrogen) atoms. The minimum atomic E-state index is -4.49. The lowest BCUT2D eigenvalue weighted by Gasteiger charge is -2.11. The number of nitrogens with zero attached hydrogens (tertiary/aromatic N) is 1. The van der Waals surface area contributed by atoms with Gasteiger partial charge in [0, 0.05) is 5.56 Å². The van der Waals surface area contributed by atoms with Crippen molar-refractivity contribution in [1.29, 1.82) is 0 Å². The van der Waals surface area contributed by atoms with Crippen LogP contribution in [0.25, 0.3) is 0 Å². The van der Waals surface area contributed by atoms with Gasteiger partial charge in [0.1, 0.15) is 5.75 Å². The molecule has 0 radical (unpaired) electrons. The highest BCUT2D eigenvalue weighted by Gasteiger charge is 2.32. The molecule has 0 bridgehead atoms. The summed E-state index contributed by atoms with van der Waals surface area (Å²) in [6, 6.07) is 10.6. The van der Waals surface area contributed by atoms with E-state index in [4.69, 9.17) is 4.74 Å². The lowest BCUT2D eigenvalue weighted by atomic mass is 10.1. The number of carbonyl (C=O) groups is 1. The predicted octanol–water partition coefficient (Wildman–Crippen LogP) is 3.85. The Labute approximate surface area is 143 Å². The third-order valence-electron chi connectivity index (χ3n) is 3.42. The standard InChI is InChI=1S/C18H17F3N2O2/c1-12-6-5-7-13(2)17(12)25-11-16(24)23-22-10-14-8-3-4-9-15(14)18(19,20)21/h3-10H,11H2,1-2H3,(H,23,24)/b22-10+. The second-order valence-electron chi connectivity index (χ2n) is 5.39. The number of hydrogen-bond donors (Lipinski definition) is 1. The van der Waals surface area contributed by atoms with E-state index in [1.165, 1.54) is 18.2 Å². The summed E-state index contributed by atoms with van der Waals surface area (Å²) in [5.41, 5.74) is 2.97. The third kappa shape index (κ3) is 5.07. The molecule has 0 saturated carbocycles. The molecular formula is C18H17F3N2O2. The van der Waals surface area contributed by atoms with E-state index in [-0.39, 0.29) is 12.2 Å². The van der Waals surface area contributed by atoms with Gasteiger partial charge < -0.3 is 4.74 Å². The molecule has 1 N–H and O–H groups in total. The van der Waals surface area contributed by atoms with Gasteiger partial charge in [-0.2, -0.15) is 18.3 Å². The van der Waals surface area contributed by atoms with E-state index in [2.05, 4.69) is 10.5 Å². The lowest BCUT2D eigenvalue weighted by Crippen LogP contribution is -2.25. The number of rotatable bonds is 5. The molecule has 0 aliphatic carbocycles. The molecule has 2 rings (SSSR count). The number of amides is 1. The Bertz CT molecular complexity index is 766. The quantitative estimate of drug-likeness (QED) is 0.658. The van der Waals surface area contributed by atoms with Gasteiger partial charge in [0.25, 0.3) is 5.91 Å². The molecule has 0 spiro atoms. The van der Waals surface area contributed by atoms with Gasteiger partial charge in [-0.05, 0) is 31.0 Å². The number of aryl methyl sites for hydroxylation is 2. The van der Waals surface area contributed by atoms with Crippen LogP contribution in [0.1, 0.15) is 22.3 Å². The zero-order valence-electron chi connectivity index (χ0n) is 13.7. The van der Waals surface area contributed by atoms with E-state index in [0.717, 1.165) is 23.4 Å². The average Bonchev–Trinajstić information content (AvgIpc) is 2.54. The number of hydrogen-bond acceptors (Lipinski definition) is 3. The maximum Gasteiger partial charge on any atom is 0.417 e. The van der Waals surface area contributed by atoms with Crippen molar-refractivity contribution >= 4 is 12.1 Å². The molecule has 0 saturated heterocycles. The van der Waals surface area contributed by atoms with Crippen LogP contribution in [0.5, 0.6) is 5.75 Å². The highest BCUT2D eigenvalue weighted by Crippen LogP contribution is 2.31. The van der Waals surface area contributed by atoms with E-state index in [0.29, 0.717) is 5.75 Å². The smallest absolute Gasteiger partial charge is 0.417 e. The number of halogens is 3. The van der Waals surface area contributed by atoms with Crippen LogP contribution in [0, 0.1) is 13.8 Å². The van der Waals surface area contributed by atoms with Crippen LogP contribution in [0.15, 0.2) is 47.6 Å². The lowest BCUT2D eigenvalue weighted by molar-refractivity contribution is -0.137. The molecule has 0 aromatic heterocycles. The molecule has 2 aromatic rings. The average molecular weight is 350 g/mol. The van der Waals surface area contributed by atoms with Crippen molar-refractivity contribution in [2.24, 2.45) is 5.10 Å². The number of ether oxygens (including phenoxy) is 1. The van der Waals surface area contributed by atoms with Crippen LogP contribution >= 0.6 is 0 Å². The van der Waals surface area contributed by atoms with E-state index in [1.807, 2.05) is 32.0 Å².